The maximum Gasteiger partial charge on any atom is 0.251 e. The van der Waals surface area contributed by atoms with Crippen LogP contribution in [0.3, 0.4) is 0 Å². The van der Waals surface area contributed by atoms with Gasteiger partial charge in [-0.15, -0.1) is 0 Å². The fraction of sp³-hybridized carbons (Fsp3) is 0.533. The van der Waals surface area contributed by atoms with Crippen molar-refractivity contribution in [3.63, 3.8) is 0 Å². The van der Waals surface area contributed by atoms with Crippen LogP contribution >= 0.6 is 0 Å². The molecule has 2 N–H and O–H groups in total. The highest BCUT2D eigenvalue weighted by Gasteiger charge is 2.16. The summed E-state index contributed by atoms with van der Waals surface area (Å²) in [6, 6.07) is 5.93. The van der Waals surface area contributed by atoms with Crippen LogP contribution < -0.4 is 10.6 Å². The van der Waals surface area contributed by atoms with Crippen molar-refractivity contribution in [3.05, 3.63) is 29.3 Å². The summed E-state index contributed by atoms with van der Waals surface area (Å²) in [6.45, 7) is 2.73. The van der Waals surface area contributed by atoms with Crippen LogP contribution in [0.15, 0.2) is 18.2 Å². The molecule has 1 aliphatic rings. The van der Waals surface area contributed by atoms with E-state index in [1.165, 1.54) is 5.56 Å². The highest BCUT2D eigenvalue weighted by molar-refractivity contribution is 5.97. The number of anilines is 1. The summed E-state index contributed by atoms with van der Waals surface area (Å²) in [5.41, 5.74) is 3.11. The standard InChI is InChI=1S/C15H23N3O/c1-18(2)11-5-10-17-15(19)13-6-3-8-14-12(13)7-4-9-16-14/h3,6,8,16H,4-5,7,9-11H2,1-2H3,(H,17,19). The lowest BCUT2D eigenvalue weighted by atomic mass is 9.97. The summed E-state index contributed by atoms with van der Waals surface area (Å²) in [6.07, 6.45) is 3.06. The van der Waals surface area contributed by atoms with Gasteiger partial charge in [0.25, 0.3) is 5.91 Å². The molecule has 0 saturated heterocycles. The van der Waals surface area contributed by atoms with E-state index in [0.717, 1.165) is 50.1 Å². The zero-order valence-electron chi connectivity index (χ0n) is 11.8. The second-order valence-corrected chi connectivity index (χ2v) is 5.27. The fourth-order valence-electron chi connectivity index (χ4n) is 2.42. The number of hydrogen-bond acceptors (Lipinski definition) is 3. The van der Waals surface area contributed by atoms with E-state index >= 15 is 0 Å². The molecule has 1 amide bonds. The molecule has 1 aromatic carbocycles. The van der Waals surface area contributed by atoms with Gasteiger partial charge in [-0.3, -0.25) is 4.79 Å². The lowest BCUT2D eigenvalue weighted by Gasteiger charge is -2.20. The van der Waals surface area contributed by atoms with Crippen molar-refractivity contribution in [1.82, 2.24) is 10.2 Å². The van der Waals surface area contributed by atoms with Gasteiger partial charge in [-0.1, -0.05) is 6.07 Å². The summed E-state index contributed by atoms with van der Waals surface area (Å²) in [4.78, 5) is 14.3. The molecule has 0 spiro atoms. The third kappa shape index (κ3) is 3.70. The number of nitrogens with one attached hydrogen (secondary N) is 2. The van der Waals surface area contributed by atoms with Crippen LogP contribution in [-0.2, 0) is 6.42 Å². The largest absolute Gasteiger partial charge is 0.385 e. The topological polar surface area (TPSA) is 44.4 Å². The Labute approximate surface area is 115 Å². The average molecular weight is 261 g/mol. The van der Waals surface area contributed by atoms with Gasteiger partial charge in [0.1, 0.15) is 0 Å². The maximum atomic E-state index is 12.2. The van der Waals surface area contributed by atoms with Crippen LogP contribution in [-0.4, -0.2) is 44.5 Å². The molecule has 0 radical (unpaired) electrons. The first kappa shape index (κ1) is 13.9. The zero-order valence-corrected chi connectivity index (χ0v) is 11.8. The molecule has 0 aliphatic carbocycles. The maximum absolute atomic E-state index is 12.2. The number of carbonyl (C=O) groups is 1. The van der Waals surface area contributed by atoms with E-state index in [1.54, 1.807) is 0 Å². The van der Waals surface area contributed by atoms with Gasteiger partial charge in [-0.25, -0.2) is 0 Å². The number of carbonyl (C=O) groups excluding carboxylic acids is 1. The SMILES string of the molecule is CN(C)CCCNC(=O)c1cccc2c1CCCN2. The first-order chi connectivity index (χ1) is 9.18. The van der Waals surface area contributed by atoms with Gasteiger partial charge >= 0.3 is 0 Å². The van der Waals surface area contributed by atoms with Gasteiger partial charge in [0.2, 0.25) is 0 Å². The quantitative estimate of drug-likeness (QED) is 0.793. The summed E-state index contributed by atoms with van der Waals surface area (Å²) in [5.74, 6) is 0.0549. The van der Waals surface area contributed by atoms with E-state index in [-0.39, 0.29) is 5.91 Å². The summed E-state index contributed by atoms with van der Waals surface area (Å²) in [7, 11) is 4.09. The molecule has 104 valence electrons. The molecule has 1 heterocycles. The van der Waals surface area contributed by atoms with Crippen LogP contribution in [0.2, 0.25) is 0 Å². The molecule has 0 atom stereocenters. The Bertz CT molecular complexity index is 443. The Morgan fingerprint density at radius 1 is 1.42 bits per heavy atom. The first-order valence-electron chi connectivity index (χ1n) is 6.97. The second kappa shape index (κ2) is 6.57. The van der Waals surface area contributed by atoms with E-state index in [1.807, 2.05) is 26.2 Å². The second-order valence-electron chi connectivity index (χ2n) is 5.27. The Kier molecular flexibility index (Phi) is 4.80. The molecule has 0 aromatic heterocycles. The van der Waals surface area contributed by atoms with Gasteiger partial charge in [0.15, 0.2) is 0 Å². The lowest BCUT2D eigenvalue weighted by Crippen LogP contribution is -2.28. The molecule has 0 fully saturated rings. The zero-order chi connectivity index (χ0) is 13.7. The highest BCUT2D eigenvalue weighted by Crippen LogP contribution is 2.25. The molecule has 2 rings (SSSR count). The van der Waals surface area contributed by atoms with Crippen molar-refractivity contribution in [2.45, 2.75) is 19.3 Å². The van der Waals surface area contributed by atoms with Crippen LogP contribution in [0.4, 0.5) is 5.69 Å². The number of amides is 1. The Hall–Kier alpha value is -1.55. The van der Waals surface area contributed by atoms with Crippen LogP contribution in [0.1, 0.15) is 28.8 Å². The Morgan fingerprint density at radius 2 is 2.26 bits per heavy atom. The summed E-state index contributed by atoms with van der Waals surface area (Å²) >= 11 is 0. The third-order valence-corrected chi connectivity index (χ3v) is 3.41. The minimum atomic E-state index is 0.0549. The highest BCUT2D eigenvalue weighted by atomic mass is 16.1. The lowest BCUT2D eigenvalue weighted by molar-refractivity contribution is 0.0951. The van der Waals surface area contributed by atoms with Crippen molar-refractivity contribution >= 4 is 11.6 Å². The number of fused-ring (bicyclic) bond motifs is 1. The average Bonchev–Trinajstić information content (AvgIpc) is 2.42. The smallest absolute Gasteiger partial charge is 0.251 e. The molecular formula is C15H23N3O. The predicted molar refractivity (Wildman–Crippen MR) is 78.8 cm³/mol. The van der Waals surface area contributed by atoms with E-state index in [4.69, 9.17) is 0 Å². The van der Waals surface area contributed by atoms with Crippen molar-refractivity contribution < 1.29 is 4.79 Å². The van der Waals surface area contributed by atoms with Gasteiger partial charge in [0.05, 0.1) is 0 Å². The van der Waals surface area contributed by atoms with Crippen LogP contribution in [0.25, 0.3) is 0 Å². The molecule has 4 nitrogen and oxygen atoms in total. The molecule has 19 heavy (non-hydrogen) atoms. The van der Waals surface area contributed by atoms with Crippen LogP contribution in [0.5, 0.6) is 0 Å². The van der Waals surface area contributed by atoms with E-state index in [2.05, 4.69) is 21.6 Å². The molecule has 1 aliphatic heterocycles. The number of nitrogens with zero attached hydrogens (tertiary/aromatic N) is 1. The third-order valence-electron chi connectivity index (χ3n) is 3.41. The molecule has 1 aromatic rings. The van der Waals surface area contributed by atoms with E-state index in [0.29, 0.717) is 0 Å². The number of benzene rings is 1. The van der Waals surface area contributed by atoms with Crippen LogP contribution in [0, 0.1) is 0 Å². The van der Waals surface area contributed by atoms with Gasteiger partial charge in [0, 0.05) is 24.3 Å². The normalized spacial score (nSPS) is 13.8. The van der Waals surface area contributed by atoms with Gasteiger partial charge < -0.3 is 15.5 Å². The monoisotopic (exact) mass is 261 g/mol. The number of rotatable bonds is 5. The Balaban J connectivity index is 1.95. The molecule has 0 saturated carbocycles. The Morgan fingerprint density at radius 3 is 3.05 bits per heavy atom. The van der Waals surface area contributed by atoms with Crippen molar-refractivity contribution in [2.75, 3.05) is 39.0 Å². The van der Waals surface area contributed by atoms with Crippen molar-refractivity contribution in [2.24, 2.45) is 0 Å². The van der Waals surface area contributed by atoms with Gasteiger partial charge in [-0.2, -0.15) is 0 Å². The van der Waals surface area contributed by atoms with E-state index < -0.39 is 0 Å². The number of hydrogen-bond donors (Lipinski definition) is 2. The van der Waals surface area contributed by atoms with E-state index in [9.17, 15) is 4.79 Å². The molecular weight excluding hydrogens is 238 g/mol. The molecule has 0 bridgehead atoms. The molecule has 4 heteroatoms. The van der Waals surface area contributed by atoms with Crippen molar-refractivity contribution in [1.29, 1.82) is 0 Å². The fourth-order valence-corrected chi connectivity index (χ4v) is 2.42. The first-order valence-corrected chi connectivity index (χ1v) is 6.97. The van der Waals surface area contributed by atoms with Gasteiger partial charge in [-0.05, 0) is 57.6 Å². The minimum absolute atomic E-state index is 0.0549. The summed E-state index contributed by atoms with van der Waals surface area (Å²) in [5, 5.41) is 6.36. The summed E-state index contributed by atoms with van der Waals surface area (Å²) < 4.78 is 0. The predicted octanol–water partition coefficient (Wildman–Crippen LogP) is 1.73. The molecule has 0 unspecified atom stereocenters. The minimum Gasteiger partial charge on any atom is -0.385 e. The van der Waals surface area contributed by atoms with Crippen molar-refractivity contribution in [3.8, 4) is 0 Å².